The highest BCUT2D eigenvalue weighted by molar-refractivity contribution is 5.76. The van der Waals surface area contributed by atoms with E-state index >= 15 is 0 Å². The first kappa shape index (κ1) is 25.2. The fourth-order valence-corrected chi connectivity index (χ4v) is 6.46. The van der Waals surface area contributed by atoms with Crippen molar-refractivity contribution < 1.29 is 19.4 Å². The molecule has 1 aromatic carbocycles. The number of carboxylic acid groups (broad SMARTS) is 1. The molecule has 5 rings (SSSR count). The molecule has 0 saturated carbocycles. The molecule has 2 bridgehead atoms. The van der Waals surface area contributed by atoms with Crippen LogP contribution in [0.3, 0.4) is 0 Å². The maximum Gasteiger partial charge on any atom is 0.290 e. The molecule has 4 atom stereocenters. The van der Waals surface area contributed by atoms with Gasteiger partial charge < -0.3 is 14.7 Å². The molecule has 0 radical (unpaired) electrons. The van der Waals surface area contributed by atoms with Crippen molar-refractivity contribution in [3.05, 3.63) is 47.3 Å². The Morgan fingerprint density at radius 1 is 1.17 bits per heavy atom. The first-order chi connectivity index (χ1) is 16.9. The normalized spacial score (nSPS) is 25.7. The van der Waals surface area contributed by atoms with Crippen LogP contribution in [0.15, 0.2) is 30.3 Å². The van der Waals surface area contributed by atoms with Gasteiger partial charge in [0.25, 0.3) is 6.47 Å². The third-order valence-corrected chi connectivity index (χ3v) is 7.88. The van der Waals surface area contributed by atoms with Gasteiger partial charge in [-0.05, 0) is 75.1 Å². The van der Waals surface area contributed by atoms with Gasteiger partial charge in [0, 0.05) is 50.4 Å². The number of hydrogen-bond donors (Lipinski definition) is 1. The molecule has 35 heavy (non-hydrogen) atoms. The summed E-state index contributed by atoms with van der Waals surface area (Å²) in [5.74, 6) is 2.40. The number of aromatic nitrogens is 2. The molecule has 0 spiro atoms. The fourth-order valence-electron chi connectivity index (χ4n) is 6.46. The zero-order valence-corrected chi connectivity index (χ0v) is 21.1. The summed E-state index contributed by atoms with van der Waals surface area (Å²) in [6.07, 6.45) is 5.58. The van der Waals surface area contributed by atoms with E-state index in [4.69, 9.17) is 14.6 Å². The standard InChI is InChI=1S/C26H36N4O2.CH2O2/c1-18-13-19(2)30(27-18)12-11-26(31)28-15-20-14-22(17-28)25-6-4-5-24(29(25)16-20)21-7-9-23(32-3)10-8-21;2-1-3/h7-10,13,20,22,24-25H,4-6,11-12,14-17H2,1-3H3;1H,(H,2,3)/t20-,22+,24+,25-;/m0./s1. The molecule has 2 aromatic rings. The van der Waals surface area contributed by atoms with Crippen LogP contribution >= 0.6 is 0 Å². The van der Waals surface area contributed by atoms with E-state index in [1.807, 2.05) is 11.6 Å². The number of carbonyl (C=O) groups is 2. The Hall–Kier alpha value is -2.87. The van der Waals surface area contributed by atoms with E-state index < -0.39 is 0 Å². The lowest BCUT2D eigenvalue weighted by Gasteiger charge is -2.55. The molecule has 3 aliphatic rings. The molecular weight excluding hydrogens is 444 g/mol. The van der Waals surface area contributed by atoms with Gasteiger partial charge in [-0.1, -0.05) is 12.1 Å². The lowest BCUT2D eigenvalue weighted by Crippen LogP contribution is -2.60. The van der Waals surface area contributed by atoms with Crippen molar-refractivity contribution in [2.45, 2.75) is 64.6 Å². The van der Waals surface area contributed by atoms with E-state index in [2.05, 4.69) is 52.2 Å². The zero-order chi connectivity index (χ0) is 24.9. The van der Waals surface area contributed by atoms with Crippen molar-refractivity contribution in [2.75, 3.05) is 26.7 Å². The molecule has 4 heterocycles. The van der Waals surface area contributed by atoms with Crippen LogP contribution in [0.5, 0.6) is 5.75 Å². The van der Waals surface area contributed by atoms with Gasteiger partial charge in [-0.15, -0.1) is 0 Å². The Balaban J connectivity index is 0.000000917. The van der Waals surface area contributed by atoms with Crippen molar-refractivity contribution >= 4 is 12.4 Å². The number of methoxy groups -OCH3 is 1. The summed E-state index contributed by atoms with van der Waals surface area (Å²) in [6.45, 7) is 7.44. The predicted molar refractivity (Wildman–Crippen MR) is 133 cm³/mol. The Bertz CT molecular complexity index is 1010. The quantitative estimate of drug-likeness (QED) is 0.655. The Labute approximate surface area is 207 Å². The minimum atomic E-state index is -0.250. The number of piperidine rings is 3. The molecular formula is C27H38N4O4. The molecule has 0 unspecified atom stereocenters. The summed E-state index contributed by atoms with van der Waals surface area (Å²) in [5.41, 5.74) is 3.56. The number of likely N-dealkylation sites (tertiary alicyclic amines) is 1. The van der Waals surface area contributed by atoms with E-state index in [-0.39, 0.29) is 6.47 Å². The van der Waals surface area contributed by atoms with Crippen molar-refractivity contribution in [2.24, 2.45) is 11.8 Å². The van der Waals surface area contributed by atoms with E-state index in [9.17, 15) is 4.79 Å². The average molecular weight is 483 g/mol. The van der Waals surface area contributed by atoms with Gasteiger partial charge in [-0.2, -0.15) is 5.10 Å². The minimum Gasteiger partial charge on any atom is -0.497 e. The summed E-state index contributed by atoms with van der Waals surface area (Å²) < 4.78 is 7.33. The second-order valence-corrected chi connectivity index (χ2v) is 10.2. The molecule has 1 aromatic heterocycles. The maximum atomic E-state index is 13.1. The number of fused-ring (bicyclic) bond motifs is 4. The number of benzene rings is 1. The van der Waals surface area contributed by atoms with Gasteiger partial charge >= 0.3 is 0 Å². The summed E-state index contributed by atoms with van der Waals surface area (Å²) in [7, 11) is 1.72. The van der Waals surface area contributed by atoms with Crippen LogP contribution in [0.1, 0.15) is 55.1 Å². The average Bonchev–Trinajstić information content (AvgIpc) is 3.19. The highest BCUT2D eigenvalue weighted by Crippen LogP contribution is 2.44. The Morgan fingerprint density at radius 3 is 2.57 bits per heavy atom. The van der Waals surface area contributed by atoms with Crippen LogP contribution in [-0.2, 0) is 16.1 Å². The minimum absolute atomic E-state index is 0.250. The lowest BCUT2D eigenvalue weighted by molar-refractivity contribution is -0.139. The second kappa shape index (κ2) is 11.2. The third kappa shape index (κ3) is 5.69. The van der Waals surface area contributed by atoms with Crippen LogP contribution < -0.4 is 4.74 Å². The van der Waals surface area contributed by atoms with Gasteiger partial charge in [0.2, 0.25) is 5.91 Å². The van der Waals surface area contributed by atoms with E-state index in [0.29, 0.717) is 42.8 Å². The van der Waals surface area contributed by atoms with E-state index in [1.54, 1.807) is 7.11 Å². The highest BCUT2D eigenvalue weighted by Gasteiger charge is 2.45. The SMILES string of the molecule is COc1ccc([C@H]2CCC[C@H]3[C@@H]4C[C@@H](CN(C(=O)CCn5nc(C)cc5C)C4)CN23)cc1.O=CO. The molecule has 1 N–H and O–H groups in total. The van der Waals surface area contributed by atoms with Gasteiger partial charge in [-0.3, -0.25) is 19.2 Å². The largest absolute Gasteiger partial charge is 0.497 e. The molecule has 1 amide bonds. The lowest BCUT2D eigenvalue weighted by atomic mass is 9.74. The first-order valence-electron chi connectivity index (χ1n) is 12.7. The monoisotopic (exact) mass is 482 g/mol. The number of carbonyl (C=O) groups excluding carboxylic acids is 1. The summed E-state index contributed by atoms with van der Waals surface area (Å²) in [6, 6.07) is 11.8. The van der Waals surface area contributed by atoms with Crippen molar-refractivity contribution in [3.8, 4) is 5.75 Å². The highest BCUT2D eigenvalue weighted by atomic mass is 16.5. The van der Waals surface area contributed by atoms with Gasteiger partial charge in [0.15, 0.2) is 0 Å². The van der Waals surface area contributed by atoms with Crippen LogP contribution in [-0.4, -0.2) is 69.9 Å². The Kier molecular flexibility index (Phi) is 8.11. The molecule has 8 nitrogen and oxygen atoms in total. The third-order valence-electron chi connectivity index (χ3n) is 7.88. The number of nitrogens with zero attached hydrogens (tertiary/aromatic N) is 4. The molecule has 190 valence electrons. The van der Waals surface area contributed by atoms with E-state index in [0.717, 1.165) is 36.8 Å². The number of amides is 1. The fraction of sp³-hybridized carbons (Fsp3) is 0.593. The van der Waals surface area contributed by atoms with Crippen molar-refractivity contribution in [1.82, 2.24) is 19.6 Å². The summed E-state index contributed by atoms with van der Waals surface area (Å²) >= 11 is 0. The molecule has 3 aliphatic heterocycles. The smallest absolute Gasteiger partial charge is 0.290 e. The number of rotatable bonds is 5. The Morgan fingerprint density at radius 2 is 1.91 bits per heavy atom. The topological polar surface area (TPSA) is 87.9 Å². The van der Waals surface area contributed by atoms with Crippen LogP contribution in [0.2, 0.25) is 0 Å². The number of hydrogen-bond acceptors (Lipinski definition) is 5. The summed E-state index contributed by atoms with van der Waals surface area (Å²) in [5, 5.41) is 11.4. The number of aryl methyl sites for hydroxylation is 3. The molecule has 3 saturated heterocycles. The molecule has 3 fully saturated rings. The van der Waals surface area contributed by atoms with Gasteiger partial charge in [0.1, 0.15) is 5.75 Å². The molecule has 8 heteroatoms. The van der Waals surface area contributed by atoms with E-state index in [1.165, 1.54) is 31.2 Å². The van der Waals surface area contributed by atoms with Crippen LogP contribution in [0.25, 0.3) is 0 Å². The van der Waals surface area contributed by atoms with Crippen molar-refractivity contribution in [1.29, 1.82) is 0 Å². The predicted octanol–water partition coefficient (Wildman–Crippen LogP) is 3.67. The molecule has 0 aliphatic carbocycles. The second-order valence-electron chi connectivity index (χ2n) is 10.2. The van der Waals surface area contributed by atoms with Gasteiger partial charge in [0.05, 0.1) is 12.8 Å². The first-order valence-corrected chi connectivity index (χ1v) is 12.7. The van der Waals surface area contributed by atoms with Gasteiger partial charge in [-0.25, -0.2) is 0 Å². The van der Waals surface area contributed by atoms with Crippen molar-refractivity contribution in [3.63, 3.8) is 0 Å². The number of ether oxygens (including phenoxy) is 1. The summed E-state index contributed by atoms with van der Waals surface area (Å²) in [4.78, 5) is 26.4. The maximum absolute atomic E-state index is 13.1. The zero-order valence-electron chi connectivity index (χ0n) is 21.1. The van der Waals surface area contributed by atoms with Crippen LogP contribution in [0.4, 0.5) is 0 Å². The van der Waals surface area contributed by atoms with Crippen LogP contribution in [0, 0.1) is 25.7 Å².